The number of rotatable bonds is 3. The van der Waals surface area contributed by atoms with E-state index < -0.39 is 18.4 Å². The molecule has 3 heterocycles. The maximum absolute atomic E-state index is 13.0. The van der Waals surface area contributed by atoms with Crippen molar-refractivity contribution in [1.29, 1.82) is 0 Å². The minimum Gasteiger partial charge on any atom is -0.326 e. The van der Waals surface area contributed by atoms with Crippen molar-refractivity contribution in [3.63, 3.8) is 0 Å². The van der Waals surface area contributed by atoms with E-state index in [2.05, 4.69) is 15.5 Å². The van der Waals surface area contributed by atoms with Gasteiger partial charge in [-0.25, -0.2) is 8.78 Å². The summed E-state index contributed by atoms with van der Waals surface area (Å²) in [6.45, 7) is 0.873. The molecule has 0 spiro atoms. The predicted octanol–water partition coefficient (Wildman–Crippen LogP) is 1.82. The standard InChI is InChI=1S/C13H14F2N4OS/c14-12(15)10-7-16-3-4-19(10)13(20)9-6-8(17-18-9)11-2-1-5-21-11/h1-2,5-6,10,12,16H,3-4,7H2,(H,17,18). The van der Waals surface area contributed by atoms with E-state index in [-0.39, 0.29) is 18.8 Å². The predicted molar refractivity (Wildman–Crippen MR) is 75.6 cm³/mol. The average molecular weight is 312 g/mol. The second-order valence-electron chi connectivity index (χ2n) is 4.75. The topological polar surface area (TPSA) is 61.0 Å². The largest absolute Gasteiger partial charge is 0.326 e. The van der Waals surface area contributed by atoms with Crippen LogP contribution < -0.4 is 5.32 Å². The maximum atomic E-state index is 13.0. The third kappa shape index (κ3) is 2.81. The van der Waals surface area contributed by atoms with Crippen LogP contribution in [0.25, 0.3) is 10.6 Å². The van der Waals surface area contributed by atoms with Gasteiger partial charge in [-0.3, -0.25) is 9.89 Å². The Morgan fingerprint density at radius 3 is 3.10 bits per heavy atom. The minimum absolute atomic E-state index is 0.103. The van der Waals surface area contributed by atoms with Gasteiger partial charge in [0.25, 0.3) is 12.3 Å². The lowest BCUT2D eigenvalue weighted by Gasteiger charge is -2.35. The molecular formula is C13H14F2N4OS. The monoisotopic (exact) mass is 312 g/mol. The Kier molecular flexibility index (Phi) is 3.98. The van der Waals surface area contributed by atoms with Crippen LogP contribution in [-0.2, 0) is 0 Å². The van der Waals surface area contributed by atoms with Gasteiger partial charge in [0, 0.05) is 19.6 Å². The SMILES string of the molecule is O=C(c1cc(-c2cccs2)[nH]n1)N1CCNCC1C(F)F. The molecule has 21 heavy (non-hydrogen) atoms. The summed E-state index contributed by atoms with van der Waals surface area (Å²) in [7, 11) is 0. The summed E-state index contributed by atoms with van der Waals surface area (Å²) in [5.74, 6) is -0.458. The number of nitrogens with zero attached hydrogens (tertiary/aromatic N) is 2. The third-order valence-corrected chi connectivity index (χ3v) is 4.32. The van der Waals surface area contributed by atoms with Gasteiger partial charge < -0.3 is 10.2 Å². The highest BCUT2D eigenvalue weighted by Crippen LogP contribution is 2.24. The molecule has 0 radical (unpaired) electrons. The van der Waals surface area contributed by atoms with E-state index in [1.807, 2.05) is 17.5 Å². The van der Waals surface area contributed by atoms with E-state index >= 15 is 0 Å². The van der Waals surface area contributed by atoms with Gasteiger partial charge in [-0.05, 0) is 17.5 Å². The number of nitrogens with one attached hydrogen (secondary N) is 2. The molecule has 0 saturated carbocycles. The molecule has 2 aromatic heterocycles. The summed E-state index contributed by atoms with van der Waals surface area (Å²) in [6.07, 6.45) is -2.57. The van der Waals surface area contributed by atoms with E-state index in [1.54, 1.807) is 6.07 Å². The number of aromatic amines is 1. The quantitative estimate of drug-likeness (QED) is 0.909. The number of carbonyl (C=O) groups excluding carboxylic acids is 1. The van der Waals surface area contributed by atoms with Gasteiger partial charge in [0.15, 0.2) is 5.69 Å². The summed E-state index contributed by atoms with van der Waals surface area (Å²) < 4.78 is 26.0. The van der Waals surface area contributed by atoms with Gasteiger partial charge in [-0.2, -0.15) is 5.10 Å². The first-order valence-corrected chi connectivity index (χ1v) is 7.44. The molecule has 3 rings (SSSR count). The van der Waals surface area contributed by atoms with Gasteiger partial charge in [-0.15, -0.1) is 11.3 Å². The Bertz CT molecular complexity index is 613. The summed E-state index contributed by atoms with van der Waals surface area (Å²) in [4.78, 5) is 14.5. The number of piperazine rings is 1. The third-order valence-electron chi connectivity index (χ3n) is 3.42. The number of halogens is 2. The van der Waals surface area contributed by atoms with Gasteiger partial charge in [0.1, 0.15) is 6.04 Å². The van der Waals surface area contributed by atoms with Crippen LogP contribution >= 0.6 is 11.3 Å². The Morgan fingerprint density at radius 2 is 2.38 bits per heavy atom. The second kappa shape index (κ2) is 5.90. The molecule has 1 saturated heterocycles. The summed E-state index contributed by atoms with van der Waals surface area (Å²) in [5.41, 5.74) is 0.892. The number of carbonyl (C=O) groups is 1. The van der Waals surface area contributed by atoms with Gasteiger partial charge in [0.2, 0.25) is 0 Å². The first-order valence-electron chi connectivity index (χ1n) is 6.56. The van der Waals surface area contributed by atoms with Crippen LogP contribution in [-0.4, -0.2) is 53.1 Å². The van der Waals surface area contributed by atoms with Gasteiger partial charge >= 0.3 is 0 Å². The van der Waals surface area contributed by atoms with E-state index in [0.29, 0.717) is 6.54 Å². The van der Waals surface area contributed by atoms with E-state index in [9.17, 15) is 13.6 Å². The van der Waals surface area contributed by atoms with Crippen molar-refractivity contribution in [3.05, 3.63) is 29.3 Å². The molecule has 1 atom stereocenters. The summed E-state index contributed by atoms with van der Waals surface area (Å²) >= 11 is 1.52. The smallest absolute Gasteiger partial charge is 0.274 e. The number of hydrogen-bond donors (Lipinski definition) is 2. The second-order valence-corrected chi connectivity index (χ2v) is 5.70. The van der Waals surface area contributed by atoms with Crippen molar-refractivity contribution in [1.82, 2.24) is 20.4 Å². The molecule has 1 unspecified atom stereocenters. The molecule has 1 amide bonds. The molecule has 2 N–H and O–H groups in total. The number of amides is 1. The van der Waals surface area contributed by atoms with E-state index in [0.717, 1.165) is 10.6 Å². The lowest BCUT2D eigenvalue weighted by atomic mass is 10.1. The van der Waals surface area contributed by atoms with Crippen LogP contribution in [0, 0.1) is 0 Å². The fourth-order valence-corrected chi connectivity index (χ4v) is 3.03. The van der Waals surface area contributed by atoms with Crippen molar-refractivity contribution in [2.45, 2.75) is 12.5 Å². The zero-order valence-corrected chi connectivity index (χ0v) is 11.9. The molecule has 0 aromatic carbocycles. The molecule has 5 nitrogen and oxygen atoms in total. The minimum atomic E-state index is -2.57. The lowest BCUT2D eigenvalue weighted by Crippen LogP contribution is -2.56. The highest BCUT2D eigenvalue weighted by Gasteiger charge is 2.34. The van der Waals surface area contributed by atoms with E-state index in [4.69, 9.17) is 0 Å². The number of alkyl halides is 2. The van der Waals surface area contributed by atoms with Gasteiger partial charge in [-0.1, -0.05) is 6.07 Å². The summed E-state index contributed by atoms with van der Waals surface area (Å²) in [6, 6.07) is 4.30. The number of thiophene rings is 1. The van der Waals surface area contributed by atoms with Crippen LogP contribution in [0.5, 0.6) is 0 Å². The fraction of sp³-hybridized carbons (Fsp3) is 0.385. The zero-order valence-electron chi connectivity index (χ0n) is 11.1. The molecule has 8 heteroatoms. The lowest BCUT2D eigenvalue weighted by molar-refractivity contribution is 0.0123. The Morgan fingerprint density at radius 1 is 1.52 bits per heavy atom. The summed E-state index contributed by atoms with van der Waals surface area (Å²) in [5, 5.41) is 11.5. The van der Waals surface area contributed by atoms with Crippen molar-refractivity contribution in [2.75, 3.05) is 19.6 Å². The Labute approximate surface area is 124 Å². The molecule has 0 bridgehead atoms. The van der Waals surface area contributed by atoms with Crippen molar-refractivity contribution < 1.29 is 13.6 Å². The number of H-pyrrole nitrogens is 1. The number of hydrogen-bond acceptors (Lipinski definition) is 4. The highest BCUT2D eigenvalue weighted by atomic mass is 32.1. The molecule has 1 fully saturated rings. The molecule has 0 aliphatic carbocycles. The van der Waals surface area contributed by atoms with E-state index in [1.165, 1.54) is 16.2 Å². The molecule has 112 valence electrons. The van der Waals surface area contributed by atoms with Crippen molar-refractivity contribution in [3.8, 4) is 10.6 Å². The average Bonchev–Trinajstić information content (AvgIpc) is 3.17. The van der Waals surface area contributed by atoms with Crippen LogP contribution in [0.15, 0.2) is 23.6 Å². The van der Waals surface area contributed by atoms with Crippen molar-refractivity contribution in [2.24, 2.45) is 0 Å². The first kappa shape index (κ1) is 14.2. The van der Waals surface area contributed by atoms with Crippen LogP contribution in [0.4, 0.5) is 8.78 Å². The Balaban J connectivity index is 1.81. The Hall–Kier alpha value is -1.80. The first-order chi connectivity index (χ1) is 10.2. The fourth-order valence-electron chi connectivity index (χ4n) is 2.34. The maximum Gasteiger partial charge on any atom is 0.274 e. The zero-order chi connectivity index (χ0) is 14.8. The van der Waals surface area contributed by atoms with Crippen molar-refractivity contribution >= 4 is 17.2 Å². The molecular weight excluding hydrogens is 298 g/mol. The van der Waals surface area contributed by atoms with Crippen LogP contribution in [0.1, 0.15) is 10.5 Å². The normalized spacial score (nSPS) is 19.2. The van der Waals surface area contributed by atoms with Crippen LogP contribution in [0.2, 0.25) is 0 Å². The van der Waals surface area contributed by atoms with Crippen LogP contribution in [0.3, 0.4) is 0 Å². The highest BCUT2D eigenvalue weighted by molar-refractivity contribution is 7.13. The molecule has 1 aliphatic rings. The molecule has 2 aromatic rings. The molecule has 1 aliphatic heterocycles. The number of aromatic nitrogens is 2. The van der Waals surface area contributed by atoms with Gasteiger partial charge in [0.05, 0.1) is 10.6 Å².